The van der Waals surface area contributed by atoms with Gasteiger partial charge in [-0.25, -0.2) is 0 Å². The summed E-state index contributed by atoms with van der Waals surface area (Å²) < 4.78 is 0. The third-order valence-electron chi connectivity index (χ3n) is 4.23. The van der Waals surface area contributed by atoms with E-state index < -0.39 is 12.0 Å². The zero-order chi connectivity index (χ0) is 16.1. The van der Waals surface area contributed by atoms with Gasteiger partial charge in [0.1, 0.15) is 0 Å². The van der Waals surface area contributed by atoms with Crippen molar-refractivity contribution in [1.82, 2.24) is 4.90 Å². The Balaban J connectivity index is 1.70. The van der Waals surface area contributed by atoms with Gasteiger partial charge in [-0.15, -0.1) is 0 Å². The van der Waals surface area contributed by atoms with Gasteiger partial charge in [-0.1, -0.05) is 48.5 Å². The number of nitrogens with zero attached hydrogens (tertiary/aromatic N) is 1. The number of para-hydroxylation sites is 1. The maximum Gasteiger partial charge on any atom is 0.257 e. The number of likely N-dealkylation sites (tertiary alicyclic amines) is 1. The second kappa shape index (κ2) is 7.40. The molecule has 120 valence electrons. The maximum atomic E-state index is 12.3. The summed E-state index contributed by atoms with van der Waals surface area (Å²) in [4.78, 5) is 14.7. The summed E-state index contributed by atoms with van der Waals surface area (Å²) >= 11 is 0. The average Bonchev–Trinajstić information content (AvgIpc) is 3.10. The molecule has 0 aromatic heterocycles. The number of carbonyl (C=O) groups is 1. The van der Waals surface area contributed by atoms with E-state index in [2.05, 4.69) is 10.2 Å². The van der Waals surface area contributed by atoms with Crippen LogP contribution >= 0.6 is 0 Å². The molecule has 1 amide bonds. The Bertz CT molecular complexity index is 651. The van der Waals surface area contributed by atoms with Crippen LogP contribution in [0.1, 0.15) is 30.1 Å². The molecule has 2 aromatic rings. The van der Waals surface area contributed by atoms with Crippen molar-refractivity contribution in [3.8, 4) is 0 Å². The molecule has 23 heavy (non-hydrogen) atoms. The van der Waals surface area contributed by atoms with E-state index in [-0.39, 0.29) is 0 Å². The molecule has 1 unspecified atom stereocenters. The molecule has 0 bridgehead atoms. The molecule has 0 aliphatic carbocycles. The minimum Gasteiger partial charge on any atom is -0.378 e. The van der Waals surface area contributed by atoms with Gasteiger partial charge < -0.3 is 10.4 Å². The molecule has 4 nitrogen and oxygen atoms in total. The minimum atomic E-state index is -1.16. The fraction of sp³-hybridized carbons (Fsp3) is 0.316. The van der Waals surface area contributed by atoms with Crippen molar-refractivity contribution < 1.29 is 9.90 Å². The number of nitrogens with one attached hydrogen (secondary N) is 1. The zero-order valence-electron chi connectivity index (χ0n) is 13.1. The summed E-state index contributed by atoms with van der Waals surface area (Å²) in [5.41, 5.74) is 2.46. The van der Waals surface area contributed by atoms with Crippen LogP contribution in [0.3, 0.4) is 0 Å². The molecule has 1 heterocycles. The minimum absolute atomic E-state index is 0.398. The molecule has 0 spiro atoms. The summed E-state index contributed by atoms with van der Waals surface area (Å²) in [6.07, 6.45) is 1.32. The lowest BCUT2D eigenvalue weighted by Gasteiger charge is -2.19. The lowest BCUT2D eigenvalue weighted by Crippen LogP contribution is -2.23. The highest BCUT2D eigenvalue weighted by Crippen LogP contribution is 2.22. The average molecular weight is 310 g/mol. The Kier molecular flexibility index (Phi) is 5.05. The smallest absolute Gasteiger partial charge is 0.257 e. The standard InChI is InChI=1S/C19H22N2O2/c22-18(15-8-2-1-3-9-15)19(23)20-17-11-5-4-10-16(17)14-21-12-6-7-13-21/h1-5,8-11,18,22H,6-7,12-14H2,(H,20,23). The third-order valence-corrected chi connectivity index (χ3v) is 4.23. The molecule has 2 N–H and O–H groups in total. The van der Waals surface area contributed by atoms with Crippen molar-refractivity contribution in [3.05, 3.63) is 65.7 Å². The van der Waals surface area contributed by atoms with Crippen LogP contribution in [0, 0.1) is 0 Å². The van der Waals surface area contributed by atoms with Gasteiger partial charge in [0, 0.05) is 12.2 Å². The van der Waals surface area contributed by atoms with Crippen molar-refractivity contribution in [2.24, 2.45) is 0 Å². The molecule has 1 saturated heterocycles. The Morgan fingerprint density at radius 2 is 1.70 bits per heavy atom. The maximum absolute atomic E-state index is 12.3. The van der Waals surface area contributed by atoms with E-state index in [1.807, 2.05) is 42.5 Å². The molecule has 4 heteroatoms. The number of rotatable bonds is 5. The van der Waals surface area contributed by atoms with E-state index in [0.717, 1.165) is 30.9 Å². The topological polar surface area (TPSA) is 52.6 Å². The first-order chi connectivity index (χ1) is 11.2. The van der Waals surface area contributed by atoms with Crippen LogP contribution in [0.2, 0.25) is 0 Å². The van der Waals surface area contributed by atoms with Crippen LogP contribution in [-0.4, -0.2) is 29.0 Å². The highest BCUT2D eigenvalue weighted by molar-refractivity contribution is 5.95. The molecular formula is C19H22N2O2. The summed E-state index contributed by atoms with van der Waals surface area (Å²) in [6, 6.07) is 16.8. The second-order valence-corrected chi connectivity index (χ2v) is 5.94. The van der Waals surface area contributed by atoms with Crippen molar-refractivity contribution in [3.63, 3.8) is 0 Å². The van der Waals surface area contributed by atoms with Gasteiger partial charge in [0.2, 0.25) is 0 Å². The van der Waals surface area contributed by atoms with Crippen molar-refractivity contribution in [2.75, 3.05) is 18.4 Å². The number of carbonyl (C=O) groups excluding carboxylic acids is 1. The van der Waals surface area contributed by atoms with E-state index in [0.29, 0.717) is 5.56 Å². The monoisotopic (exact) mass is 310 g/mol. The van der Waals surface area contributed by atoms with E-state index in [1.165, 1.54) is 12.8 Å². The number of hydrogen-bond donors (Lipinski definition) is 2. The first-order valence-corrected chi connectivity index (χ1v) is 8.08. The molecule has 1 fully saturated rings. The predicted molar refractivity (Wildman–Crippen MR) is 91.0 cm³/mol. The van der Waals surface area contributed by atoms with Crippen LogP contribution in [0.4, 0.5) is 5.69 Å². The second-order valence-electron chi connectivity index (χ2n) is 5.94. The van der Waals surface area contributed by atoms with Gasteiger partial charge >= 0.3 is 0 Å². The summed E-state index contributed by atoms with van der Waals surface area (Å²) in [5, 5.41) is 13.1. The van der Waals surface area contributed by atoms with E-state index in [1.54, 1.807) is 12.1 Å². The molecule has 1 aliphatic heterocycles. The first-order valence-electron chi connectivity index (χ1n) is 8.08. The van der Waals surface area contributed by atoms with Gasteiger partial charge in [0.15, 0.2) is 6.10 Å². The molecule has 1 aliphatic rings. The fourth-order valence-electron chi connectivity index (χ4n) is 2.95. The van der Waals surface area contributed by atoms with E-state index >= 15 is 0 Å². The van der Waals surface area contributed by atoms with Gasteiger partial charge in [0.25, 0.3) is 5.91 Å². The Morgan fingerprint density at radius 1 is 1.04 bits per heavy atom. The normalized spacial score (nSPS) is 16.2. The number of aliphatic hydroxyl groups excluding tert-OH is 1. The molecular weight excluding hydrogens is 288 g/mol. The van der Waals surface area contributed by atoms with Crippen molar-refractivity contribution in [1.29, 1.82) is 0 Å². The van der Waals surface area contributed by atoms with Gasteiger partial charge in [-0.2, -0.15) is 0 Å². The van der Waals surface area contributed by atoms with Crippen LogP contribution in [0.25, 0.3) is 0 Å². The van der Waals surface area contributed by atoms with Crippen LogP contribution in [0.5, 0.6) is 0 Å². The highest BCUT2D eigenvalue weighted by Gasteiger charge is 2.19. The molecule has 3 rings (SSSR count). The number of anilines is 1. The fourth-order valence-corrected chi connectivity index (χ4v) is 2.95. The molecule has 0 saturated carbocycles. The zero-order valence-corrected chi connectivity index (χ0v) is 13.1. The van der Waals surface area contributed by atoms with E-state index in [4.69, 9.17) is 0 Å². The predicted octanol–water partition coefficient (Wildman–Crippen LogP) is 2.95. The third kappa shape index (κ3) is 3.97. The van der Waals surface area contributed by atoms with E-state index in [9.17, 15) is 9.90 Å². The lowest BCUT2D eigenvalue weighted by molar-refractivity contribution is -0.124. The van der Waals surface area contributed by atoms with Crippen molar-refractivity contribution in [2.45, 2.75) is 25.5 Å². The molecule has 1 atom stereocenters. The van der Waals surface area contributed by atoms with Crippen LogP contribution < -0.4 is 5.32 Å². The summed E-state index contributed by atoms with van der Waals surface area (Å²) in [5.74, 6) is -0.398. The molecule has 0 radical (unpaired) electrons. The SMILES string of the molecule is O=C(Nc1ccccc1CN1CCCC1)C(O)c1ccccc1. The van der Waals surface area contributed by atoms with Crippen LogP contribution in [-0.2, 0) is 11.3 Å². The van der Waals surface area contributed by atoms with Crippen molar-refractivity contribution >= 4 is 11.6 Å². The summed E-state index contributed by atoms with van der Waals surface area (Å²) in [7, 11) is 0. The number of hydrogen-bond acceptors (Lipinski definition) is 3. The summed E-state index contributed by atoms with van der Waals surface area (Å²) in [6.45, 7) is 3.04. The number of benzene rings is 2. The first kappa shape index (κ1) is 15.7. The quantitative estimate of drug-likeness (QED) is 0.893. The van der Waals surface area contributed by atoms with Gasteiger partial charge in [-0.3, -0.25) is 9.69 Å². The number of amides is 1. The van der Waals surface area contributed by atoms with Gasteiger partial charge in [-0.05, 0) is 43.1 Å². The molecule has 2 aromatic carbocycles. The number of aliphatic hydroxyl groups is 1. The largest absolute Gasteiger partial charge is 0.378 e. The highest BCUT2D eigenvalue weighted by atomic mass is 16.3. The van der Waals surface area contributed by atoms with Crippen LogP contribution in [0.15, 0.2) is 54.6 Å². The Hall–Kier alpha value is -2.17. The Morgan fingerprint density at radius 3 is 2.43 bits per heavy atom. The lowest BCUT2D eigenvalue weighted by atomic mass is 10.1. The Labute approximate surface area is 136 Å². The van der Waals surface area contributed by atoms with Gasteiger partial charge in [0.05, 0.1) is 0 Å².